The molecule has 0 fully saturated rings. The second kappa shape index (κ2) is 4.39. The number of rotatable bonds is 4. The van der Waals surface area contributed by atoms with E-state index in [0.717, 1.165) is 6.42 Å². The highest BCUT2D eigenvalue weighted by molar-refractivity contribution is 7.90. The van der Waals surface area contributed by atoms with E-state index in [4.69, 9.17) is 17.2 Å². The zero-order chi connectivity index (χ0) is 12.3. The van der Waals surface area contributed by atoms with Crippen molar-refractivity contribution in [2.75, 3.05) is 5.73 Å². The van der Waals surface area contributed by atoms with Crippen LogP contribution in [-0.2, 0) is 16.6 Å². The molecule has 8 nitrogen and oxygen atoms in total. The number of aromatic nitrogens is 2. The van der Waals surface area contributed by atoms with E-state index in [9.17, 15) is 8.42 Å². The standard InChI is InChI=1S/C7H14N6O2S/c1-2-3-13-4-5(6(8)11-13)16(14,15)12-7(9)10/h4H,2-3H2,1H3,(H2,8,11)(H4,9,10,12). The number of hydrogen-bond donors (Lipinski definition) is 3. The molecule has 90 valence electrons. The molecule has 9 heteroatoms. The molecule has 0 aliphatic carbocycles. The van der Waals surface area contributed by atoms with Crippen LogP contribution in [0.5, 0.6) is 0 Å². The van der Waals surface area contributed by atoms with Crippen LogP contribution in [0.4, 0.5) is 5.82 Å². The number of sulfonamides is 1. The van der Waals surface area contributed by atoms with Crippen molar-refractivity contribution < 1.29 is 8.42 Å². The van der Waals surface area contributed by atoms with Gasteiger partial charge in [-0.3, -0.25) is 4.68 Å². The minimum absolute atomic E-state index is 0.113. The molecule has 1 heterocycles. The molecule has 0 aliphatic rings. The van der Waals surface area contributed by atoms with Gasteiger partial charge in [-0.15, -0.1) is 4.40 Å². The van der Waals surface area contributed by atoms with Crippen LogP contribution in [0.1, 0.15) is 13.3 Å². The number of nitrogens with zero attached hydrogens (tertiary/aromatic N) is 3. The molecular weight excluding hydrogens is 232 g/mol. The van der Waals surface area contributed by atoms with E-state index in [1.54, 1.807) is 0 Å². The van der Waals surface area contributed by atoms with Gasteiger partial charge < -0.3 is 17.2 Å². The smallest absolute Gasteiger partial charge is 0.290 e. The fourth-order valence-corrected chi connectivity index (χ4v) is 2.08. The van der Waals surface area contributed by atoms with Gasteiger partial charge in [0, 0.05) is 12.7 Å². The lowest BCUT2D eigenvalue weighted by Gasteiger charge is -1.95. The third-order valence-electron chi connectivity index (χ3n) is 1.71. The molecular formula is C7H14N6O2S. The summed E-state index contributed by atoms with van der Waals surface area (Å²) in [5, 5.41) is 3.84. The van der Waals surface area contributed by atoms with Crippen LogP contribution in [-0.4, -0.2) is 24.2 Å². The quantitative estimate of drug-likeness (QED) is 0.451. The average Bonchev–Trinajstić information content (AvgIpc) is 2.45. The summed E-state index contributed by atoms with van der Waals surface area (Å²) in [5.74, 6) is -0.652. The minimum atomic E-state index is -3.96. The monoisotopic (exact) mass is 246 g/mol. The summed E-state index contributed by atoms with van der Waals surface area (Å²) in [6, 6.07) is 0. The Balaban J connectivity index is 3.19. The molecule has 0 saturated carbocycles. The third kappa shape index (κ3) is 2.63. The van der Waals surface area contributed by atoms with E-state index in [1.165, 1.54) is 10.9 Å². The van der Waals surface area contributed by atoms with Crippen LogP contribution < -0.4 is 17.2 Å². The van der Waals surface area contributed by atoms with Gasteiger partial charge in [-0.25, -0.2) is 0 Å². The number of nitrogens with two attached hydrogens (primary N) is 3. The van der Waals surface area contributed by atoms with Gasteiger partial charge in [-0.2, -0.15) is 13.5 Å². The highest BCUT2D eigenvalue weighted by Crippen LogP contribution is 2.18. The molecule has 1 aromatic heterocycles. The normalized spacial score (nSPS) is 11.3. The van der Waals surface area contributed by atoms with Crippen molar-refractivity contribution in [3.63, 3.8) is 0 Å². The Morgan fingerprint density at radius 2 is 2.19 bits per heavy atom. The molecule has 0 atom stereocenters. The van der Waals surface area contributed by atoms with E-state index in [-0.39, 0.29) is 10.7 Å². The lowest BCUT2D eigenvalue weighted by atomic mass is 10.5. The SMILES string of the molecule is CCCn1cc(S(=O)(=O)N=C(N)N)c(N)n1. The van der Waals surface area contributed by atoms with Crippen LogP contribution in [0.3, 0.4) is 0 Å². The van der Waals surface area contributed by atoms with Crippen molar-refractivity contribution in [3.05, 3.63) is 6.20 Å². The Morgan fingerprint density at radius 1 is 1.56 bits per heavy atom. The largest absolute Gasteiger partial charge is 0.381 e. The second-order valence-electron chi connectivity index (χ2n) is 3.13. The fraction of sp³-hybridized carbons (Fsp3) is 0.429. The molecule has 0 saturated heterocycles. The average molecular weight is 246 g/mol. The molecule has 0 unspecified atom stereocenters. The molecule has 0 spiro atoms. The maximum absolute atomic E-state index is 11.6. The maximum atomic E-state index is 11.6. The van der Waals surface area contributed by atoms with Crippen molar-refractivity contribution in [3.8, 4) is 0 Å². The molecule has 0 aliphatic heterocycles. The van der Waals surface area contributed by atoms with Crippen molar-refractivity contribution in [2.45, 2.75) is 24.8 Å². The van der Waals surface area contributed by atoms with Crippen LogP contribution in [0, 0.1) is 0 Å². The van der Waals surface area contributed by atoms with Gasteiger partial charge in [0.25, 0.3) is 10.0 Å². The van der Waals surface area contributed by atoms with E-state index >= 15 is 0 Å². The van der Waals surface area contributed by atoms with Crippen LogP contribution in [0.25, 0.3) is 0 Å². The Hall–Kier alpha value is -1.77. The Labute approximate surface area is 93.2 Å². The first-order valence-electron chi connectivity index (χ1n) is 4.55. The summed E-state index contributed by atoms with van der Waals surface area (Å²) in [7, 11) is -3.96. The number of guanidine groups is 1. The lowest BCUT2D eigenvalue weighted by molar-refractivity contribution is 0.593. The maximum Gasteiger partial charge on any atom is 0.290 e. The van der Waals surface area contributed by atoms with E-state index in [2.05, 4.69) is 9.50 Å². The molecule has 6 N–H and O–H groups in total. The third-order valence-corrected chi connectivity index (χ3v) is 3.03. The molecule has 1 aromatic rings. The first kappa shape index (κ1) is 12.3. The highest BCUT2D eigenvalue weighted by atomic mass is 32.2. The Morgan fingerprint density at radius 3 is 2.69 bits per heavy atom. The van der Waals surface area contributed by atoms with Gasteiger partial charge in [-0.05, 0) is 6.42 Å². The van der Waals surface area contributed by atoms with E-state index in [1.807, 2.05) is 6.92 Å². The second-order valence-corrected chi connectivity index (χ2v) is 4.71. The number of anilines is 1. The number of hydrogen-bond acceptors (Lipinski definition) is 4. The van der Waals surface area contributed by atoms with Gasteiger partial charge >= 0.3 is 0 Å². The minimum Gasteiger partial charge on any atom is -0.381 e. The number of nitrogen functional groups attached to an aromatic ring is 1. The summed E-state index contributed by atoms with van der Waals surface area (Å²) in [4.78, 5) is -0.186. The van der Waals surface area contributed by atoms with Crippen molar-refractivity contribution in [1.29, 1.82) is 0 Å². The lowest BCUT2D eigenvalue weighted by Crippen LogP contribution is -2.24. The van der Waals surface area contributed by atoms with Gasteiger partial charge in [0.15, 0.2) is 10.7 Å². The predicted molar refractivity (Wildman–Crippen MR) is 59.9 cm³/mol. The van der Waals surface area contributed by atoms with Gasteiger partial charge in [-0.1, -0.05) is 6.92 Å². The van der Waals surface area contributed by atoms with Gasteiger partial charge in [0.1, 0.15) is 0 Å². The zero-order valence-electron chi connectivity index (χ0n) is 8.79. The van der Waals surface area contributed by atoms with Gasteiger partial charge in [0.2, 0.25) is 5.96 Å². The predicted octanol–water partition coefficient (Wildman–Crippen LogP) is -1.16. The summed E-state index contributed by atoms with van der Waals surface area (Å²) < 4.78 is 27.8. The van der Waals surface area contributed by atoms with Crippen LogP contribution in [0.15, 0.2) is 15.5 Å². The van der Waals surface area contributed by atoms with E-state index in [0.29, 0.717) is 6.54 Å². The molecule has 0 radical (unpaired) electrons. The molecule has 1 rings (SSSR count). The first-order chi connectivity index (χ1) is 7.36. The van der Waals surface area contributed by atoms with Crippen molar-refractivity contribution in [2.24, 2.45) is 15.9 Å². The molecule has 0 aromatic carbocycles. The number of aryl methyl sites for hydroxylation is 1. The molecule has 0 amide bonds. The summed E-state index contributed by atoms with van der Waals surface area (Å²) >= 11 is 0. The summed E-state index contributed by atoms with van der Waals surface area (Å²) in [6.45, 7) is 2.50. The molecule has 0 bridgehead atoms. The topological polar surface area (TPSA) is 142 Å². The van der Waals surface area contributed by atoms with Gasteiger partial charge in [0.05, 0.1) is 0 Å². The van der Waals surface area contributed by atoms with Crippen molar-refractivity contribution >= 4 is 21.8 Å². The Bertz CT molecular complexity index is 499. The van der Waals surface area contributed by atoms with Crippen LogP contribution >= 0.6 is 0 Å². The fourth-order valence-electron chi connectivity index (χ4n) is 1.15. The van der Waals surface area contributed by atoms with Crippen LogP contribution in [0.2, 0.25) is 0 Å². The summed E-state index contributed by atoms with van der Waals surface area (Å²) in [6.07, 6.45) is 2.11. The summed E-state index contributed by atoms with van der Waals surface area (Å²) in [5.41, 5.74) is 15.5. The van der Waals surface area contributed by atoms with E-state index < -0.39 is 16.0 Å². The highest BCUT2D eigenvalue weighted by Gasteiger charge is 2.20. The molecule has 16 heavy (non-hydrogen) atoms. The zero-order valence-corrected chi connectivity index (χ0v) is 9.61. The van der Waals surface area contributed by atoms with Crippen molar-refractivity contribution in [1.82, 2.24) is 9.78 Å². The Kier molecular flexibility index (Phi) is 3.38. The first-order valence-corrected chi connectivity index (χ1v) is 5.99.